The zero-order chi connectivity index (χ0) is 22.1. The second kappa shape index (κ2) is 8.22. The van der Waals surface area contributed by atoms with Crippen LogP contribution in [0.25, 0.3) is 11.8 Å². The van der Waals surface area contributed by atoms with Crippen molar-refractivity contribution in [2.45, 2.75) is 26.2 Å². The van der Waals surface area contributed by atoms with Crippen LogP contribution in [0.1, 0.15) is 40.2 Å². The van der Waals surface area contributed by atoms with E-state index in [1.54, 1.807) is 35.2 Å². The lowest BCUT2D eigenvalue weighted by molar-refractivity contribution is -0.137. The smallest absolute Gasteiger partial charge is 0.304 e. The summed E-state index contributed by atoms with van der Waals surface area (Å²) in [4.78, 5) is 30.3. The van der Waals surface area contributed by atoms with Crippen molar-refractivity contribution < 1.29 is 19.4 Å². The highest BCUT2D eigenvalue weighted by Crippen LogP contribution is 2.31. The lowest BCUT2D eigenvalue weighted by Crippen LogP contribution is -2.38. The van der Waals surface area contributed by atoms with Crippen molar-refractivity contribution in [2.75, 3.05) is 13.7 Å². The largest absolute Gasteiger partial charge is 0.496 e. The molecule has 1 amide bonds. The summed E-state index contributed by atoms with van der Waals surface area (Å²) in [7, 11) is 1.61. The Labute approximate surface area is 180 Å². The summed E-state index contributed by atoms with van der Waals surface area (Å²) in [6.45, 7) is 6.21. The first-order valence-electron chi connectivity index (χ1n) is 10.1. The predicted molar refractivity (Wildman–Crippen MR) is 117 cm³/mol. The number of hydrogen-bond acceptors (Lipinski definition) is 5. The van der Waals surface area contributed by atoms with E-state index in [1.165, 1.54) is 0 Å². The Morgan fingerprint density at radius 3 is 2.94 bits per heavy atom. The number of amides is 1. The number of methoxy groups -OCH3 is 1. The number of aliphatic carboxylic acids is 1. The first-order chi connectivity index (χ1) is 14.9. The first-order valence-corrected chi connectivity index (χ1v) is 10.1. The maximum absolute atomic E-state index is 13.4. The average molecular weight is 420 g/mol. The minimum Gasteiger partial charge on any atom is -0.496 e. The molecule has 2 aliphatic rings. The molecular formula is C23H24N4O4. The van der Waals surface area contributed by atoms with Crippen molar-refractivity contribution in [3.8, 4) is 11.4 Å². The second-order valence-electron chi connectivity index (χ2n) is 7.64. The number of aliphatic imine (C=N–C) groups is 1. The van der Waals surface area contributed by atoms with Crippen LogP contribution in [0, 0.1) is 12.8 Å². The highest BCUT2D eigenvalue weighted by molar-refractivity contribution is 5.98. The zero-order valence-electron chi connectivity index (χ0n) is 17.5. The Kier molecular flexibility index (Phi) is 5.46. The minimum absolute atomic E-state index is 0.00577. The molecule has 1 aromatic heterocycles. The average Bonchev–Trinajstić information content (AvgIpc) is 3.10. The number of carboxylic acid groups (broad SMARTS) is 1. The van der Waals surface area contributed by atoms with Crippen LogP contribution in [-0.2, 0) is 11.2 Å². The molecular weight excluding hydrogens is 396 g/mol. The minimum atomic E-state index is -0.875. The van der Waals surface area contributed by atoms with Gasteiger partial charge in [-0.15, -0.1) is 0 Å². The van der Waals surface area contributed by atoms with Gasteiger partial charge in [0.1, 0.15) is 5.75 Å². The topological polar surface area (TPSA) is 97.0 Å². The van der Waals surface area contributed by atoms with Gasteiger partial charge in [-0.05, 0) is 31.5 Å². The number of carbonyl (C=O) groups is 2. The van der Waals surface area contributed by atoms with Gasteiger partial charge in [0.25, 0.3) is 5.91 Å². The van der Waals surface area contributed by atoms with E-state index in [2.05, 4.69) is 11.6 Å². The number of carboxylic acids is 1. The zero-order valence-corrected chi connectivity index (χ0v) is 17.5. The molecule has 0 spiro atoms. The highest BCUT2D eigenvalue weighted by Gasteiger charge is 2.33. The number of rotatable bonds is 6. The summed E-state index contributed by atoms with van der Waals surface area (Å²) in [6, 6.07) is 5.68. The Morgan fingerprint density at radius 2 is 2.23 bits per heavy atom. The van der Waals surface area contributed by atoms with Crippen molar-refractivity contribution in [2.24, 2.45) is 10.9 Å². The molecule has 31 heavy (non-hydrogen) atoms. The Bertz CT molecular complexity index is 1130. The molecule has 0 saturated carbocycles. The van der Waals surface area contributed by atoms with Gasteiger partial charge in [0.05, 0.1) is 36.2 Å². The van der Waals surface area contributed by atoms with Crippen LogP contribution in [0.15, 0.2) is 41.7 Å². The molecule has 1 atom stereocenters. The molecule has 0 aliphatic carbocycles. The third-order valence-electron chi connectivity index (χ3n) is 5.67. The maximum Gasteiger partial charge on any atom is 0.304 e. The maximum atomic E-state index is 13.4. The van der Waals surface area contributed by atoms with Gasteiger partial charge in [-0.1, -0.05) is 12.7 Å². The van der Waals surface area contributed by atoms with Crippen LogP contribution < -0.4 is 4.74 Å². The van der Waals surface area contributed by atoms with Crippen LogP contribution in [0.4, 0.5) is 0 Å². The lowest BCUT2D eigenvalue weighted by Gasteiger charge is -2.30. The quantitative estimate of drug-likeness (QED) is 0.774. The molecule has 1 aromatic carbocycles. The predicted octanol–water partition coefficient (Wildman–Crippen LogP) is 3.24. The molecule has 0 radical (unpaired) electrons. The van der Waals surface area contributed by atoms with E-state index < -0.39 is 5.97 Å². The standard InChI is InChI=1S/C23H24N4O4/c1-4-16-11-17(5-6-20(16)31-3)27-14(2)22-19(25-27)7-8-26(23(22)30)18-9-15(10-21(28)29)12-24-13-18/h4-6,11-13,15H,1,7-10H2,2-3H3,(H,28,29). The molecule has 0 bridgehead atoms. The van der Waals surface area contributed by atoms with E-state index in [1.807, 2.05) is 25.1 Å². The van der Waals surface area contributed by atoms with Gasteiger partial charge >= 0.3 is 5.97 Å². The molecule has 2 aromatic rings. The fourth-order valence-electron chi connectivity index (χ4n) is 4.16. The fraction of sp³-hybridized carbons (Fsp3) is 0.304. The van der Waals surface area contributed by atoms with Gasteiger partial charge in [-0.25, -0.2) is 4.68 Å². The Balaban J connectivity index is 1.64. The van der Waals surface area contributed by atoms with Crippen molar-refractivity contribution in [1.29, 1.82) is 0 Å². The van der Waals surface area contributed by atoms with E-state index in [0.717, 1.165) is 34.1 Å². The number of aromatic nitrogens is 2. The SMILES string of the molecule is C=Cc1cc(-n2nc3c(c2C)C(=O)N(C2=CN=CC(CC(=O)O)C2)CC3)ccc1OC. The summed E-state index contributed by atoms with van der Waals surface area (Å²) < 4.78 is 7.13. The fourth-order valence-corrected chi connectivity index (χ4v) is 4.16. The normalized spacial score (nSPS) is 17.9. The number of benzene rings is 1. The summed E-state index contributed by atoms with van der Waals surface area (Å²) >= 11 is 0. The molecule has 8 nitrogen and oxygen atoms in total. The van der Waals surface area contributed by atoms with Crippen molar-refractivity contribution >= 4 is 24.2 Å². The van der Waals surface area contributed by atoms with Crippen LogP contribution in [0.2, 0.25) is 0 Å². The molecule has 1 unspecified atom stereocenters. The molecule has 3 heterocycles. The molecule has 0 saturated heterocycles. The van der Waals surface area contributed by atoms with E-state index >= 15 is 0 Å². The second-order valence-corrected chi connectivity index (χ2v) is 7.64. The first kappa shape index (κ1) is 20.6. The van der Waals surface area contributed by atoms with Crippen molar-refractivity contribution in [1.82, 2.24) is 14.7 Å². The number of nitrogens with zero attached hydrogens (tertiary/aromatic N) is 4. The van der Waals surface area contributed by atoms with Gasteiger partial charge in [-0.2, -0.15) is 5.10 Å². The lowest BCUT2D eigenvalue weighted by atomic mass is 9.96. The van der Waals surface area contributed by atoms with Gasteiger partial charge in [0.2, 0.25) is 0 Å². The molecule has 160 valence electrons. The molecule has 0 fully saturated rings. The molecule has 4 rings (SSSR count). The third-order valence-corrected chi connectivity index (χ3v) is 5.67. The van der Waals surface area contributed by atoms with Crippen LogP contribution in [0.5, 0.6) is 5.75 Å². The van der Waals surface area contributed by atoms with Gasteiger partial charge in [0.15, 0.2) is 0 Å². The highest BCUT2D eigenvalue weighted by atomic mass is 16.5. The van der Waals surface area contributed by atoms with E-state index in [4.69, 9.17) is 14.9 Å². The Morgan fingerprint density at radius 1 is 1.42 bits per heavy atom. The Hall–Kier alpha value is -3.68. The van der Waals surface area contributed by atoms with Crippen LogP contribution in [0.3, 0.4) is 0 Å². The number of hydrogen-bond donors (Lipinski definition) is 1. The molecule has 1 N–H and O–H groups in total. The summed E-state index contributed by atoms with van der Waals surface area (Å²) in [5.74, 6) is -0.497. The van der Waals surface area contributed by atoms with Crippen LogP contribution in [-0.4, -0.2) is 51.5 Å². The summed E-state index contributed by atoms with van der Waals surface area (Å²) in [6.07, 6.45) is 6.10. The molecule has 8 heteroatoms. The van der Waals surface area contributed by atoms with E-state index in [-0.39, 0.29) is 18.2 Å². The third kappa shape index (κ3) is 3.76. The van der Waals surface area contributed by atoms with Crippen molar-refractivity contribution in [3.05, 3.63) is 59.2 Å². The molecule has 2 aliphatic heterocycles. The monoisotopic (exact) mass is 420 g/mol. The van der Waals surface area contributed by atoms with Crippen molar-refractivity contribution in [3.63, 3.8) is 0 Å². The number of carbonyl (C=O) groups excluding carboxylic acids is 1. The van der Waals surface area contributed by atoms with E-state index in [9.17, 15) is 9.59 Å². The van der Waals surface area contributed by atoms with Gasteiger partial charge in [0, 0.05) is 42.6 Å². The van der Waals surface area contributed by atoms with Crippen LogP contribution >= 0.6 is 0 Å². The van der Waals surface area contributed by atoms with Gasteiger partial charge < -0.3 is 14.7 Å². The summed E-state index contributed by atoms with van der Waals surface area (Å²) in [5, 5.41) is 13.8. The number of fused-ring (bicyclic) bond motifs is 1. The number of allylic oxidation sites excluding steroid dienone is 1. The summed E-state index contributed by atoms with van der Waals surface area (Å²) in [5.41, 5.74) is 4.52. The number of ether oxygens (including phenoxy) is 1. The van der Waals surface area contributed by atoms with Gasteiger partial charge in [-0.3, -0.25) is 14.6 Å². The van der Waals surface area contributed by atoms with E-state index in [0.29, 0.717) is 24.9 Å².